The van der Waals surface area contributed by atoms with E-state index in [4.69, 9.17) is 21.6 Å². The Labute approximate surface area is 168 Å². The average Bonchev–Trinajstić information content (AvgIpc) is 2.66. The van der Waals surface area contributed by atoms with Gasteiger partial charge in [-0.1, -0.05) is 41.4 Å². The van der Waals surface area contributed by atoms with Crippen LogP contribution in [0.1, 0.15) is 41.3 Å². The number of esters is 1. The summed E-state index contributed by atoms with van der Waals surface area (Å²) >= 11 is 5.92. The number of carbonyl (C=O) groups excluding carboxylic acids is 3. The van der Waals surface area contributed by atoms with E-state index in [0.29, 0.717) is 11.3 Å². The maximum Gasteiger partial charge on any atom is 0.307 e. The lowest BCUT2D eigenvalue weighted by molar-refractivity contribution is -0.153. The van der Waals surface area contributed by atoms with Gasteiger partial charge >= 0.3 is 5.97 Å². The minimum absolute atomic E-state index is 0.00145. The van der Waals surface area contributed by atoms with Crippen molar-refractivity contribution in [3.8, 4) is 6.07 Å². The SMILES string of the molecule is Cc1ccc(C(=O)CCC(=O)O[C@@H](C)C(=O)Nc2ccc(C#N)c(Cl)c2)cc1. The number of halogens is 1. The maximum absolute atomic E-state index is 12.1. The van der Waals surface area contributed by atoms with E-state index >= 15 is 0 Å². The number of hydrogen-bond donors (Lipinski definition) is 1. The lowest BCUT2D eigenvalue weighted by atomic mass is 10.1. The molecule has 0 radical (unpaired) electrons. The zero-order valence-electron chi connectivity index (χ0n) is 15.5. The summed E-state index contributed by atoms with van der Waals surface area (Å²) in [4.78, 5) is 36.2. The van der Waals surface area contributed by atoms with Gasteiger partial charge in [0.05, 0.1) is 17.0 Å². The van der Waals surface area contributed by atoms with Crippen LogP contribution in [-0.2, 0) is 14.3 Å². The van der Waals surface area contributed by atoms with Gasteiger partial charge in [-0.15, -0.1) is 0 Å². The molecule has 0 aliphatic heterocycles. The quantitative estimate of drug-likeness (QED) is 0.560. The number of rotatable bonds is 7. The first-order valence-electron chi connectivity index (χ1n) is 8.60. The fourth-order valence-electron chi connectivity index (χ4n) is 2.34. The van der Waals surface area contributed by atoms with Crippen LogP contribution in [0.25, 0.3) is 0 Å². The van der Waals surface area contributed by atoms with E-state index in [9.17, 15) is 14.4 Å². The number of ether oxygens (including phenoxy) is 1. The standard InChI is InChI=1S/C21H19ClN2O4/c1-13-3-5-15(6-4-13)19(25)9-10-20(26)28-14(2)21(27)24-17-8-7-16(12-23)18(22)11-17/h3-8,11,14H,9-10H2,1-2H3,(H,24,27)/t14-/m0/s1. The highest BCUT2D eigenvalue weighted by molar-refractivity contribution is 6.32. The first-order chi connectivity index (χ1) is 13.3. The first-order valence-corrected chi connectivity index (χ1v) is 8.98. The summed E-state index contributed by atoms with van der Waals surface area (Å²) in [6.45, 7) is 3.35. The van der Waals surface area contributed by atoms with Gasteiger partial charge < -0.3 is 10.1 Å². The third-order valence-corrected chi connectivity index (χ3v) is 4.28. The molecule has 0 saturated heterocycles. The number of benzene rings is 2. The second-order valence-electron chi connectivity index (χ2n) is 6.22. The van der Waals surface area contributed by atoms with Gasteiger partial charge in [0.25, 0.3) is 5.91 Å². The van der Waals surface area contributed by atoms with Crippen LogP contribution in [0.15, 0.2) is 42.5 Å². The smallest absolute Gasteiger partial charge is 0.307 e. The number of ketones is 1. The number of nitrogens with one attached hydrogen (secondary N) is 1. The van der Waals surface area contributed by atoms with Crippen molar-refractivity contribution < 1.29 is 19.1 Å². The fraction of sp³-hybridized carbons (Fsp3) is 0.238. The summed E-state index contributed by atoms with van der Waals surface area (Å²) in [5.74, 6) is -1.35. The molecule has 0 aromatic heterocycles. The predicted molar refractivity (Wildman–Crippen MR) is 105 cm³/mol. The molecule has 0 unspecified atom stereocenters. The maximum atomic E-state index is 12.1. The molecule has 1 atom stereocenters. The Morgan fingerprint density at radius 1 is 1.14 bits per heavy atom. The molecule has 2 rings (SSSR count). The average molecular weight is 399 g/mol. The fourth-order valence-corrected chi connectivity index (χ4v) is 2.56. The zero-order valence-corrected chi connectivity index (χ0v) is 16.2. The van der Waals surface area contributed by atoms with Crippen molar-refractivity contribution in [2.45, 2.75) is 32.8 Å². The molecule has 2 aromatic rings. The number of anilines is 1. The number of nitrogens with zero attached hydrogens (tertiary/aromatic N) is 1. The van der Waals surface area contributed by atoms with Crippen LogP contribution in [0.4, 0.5) is 5.69 Å². The zero-order chi connectivity index (χ0) is 20.7. The third-order valence-electron chi connectivity index (χ3n) is 3.96. The monoisotopic (exact) mass is 398 g/mol. The highest BCUT2D eigenvalue weighted by Gasteiger charge is 2.19. The van der Waals surface area contributed by atoms with Crippen LogP contribution >= 0.6 is 11.6 Å². The van der Waals surface area contributed by atoms with Crippen molar-refractivity contribution in [1.82, 2.24) is 0 Å². The van der Waals surface area contributed by atoms with E-state index in [1.54, 1.807) is 12.1 Å². The van der Waals surface area contributed by atoms with Crippen LogP contribution in [0, 0.1) is 18.3 Å². The number of carbonyl (C=O) groups is 3. The van der Waals surface area contributed by atoms with Gasteiger partial charge in [-0.2, -0.15) is 5.26 Å². The lowest BCUT2D eigenvalue weighted by Crippen LogP contribution is -2.30. The van der Waals surface area contributed by atoms with Gasteiger partial charge in [0.2, 0.25) is 0 Å². The Bertz CT molecular complexity index is 932. The van der Waals surface area contributed by atoms with Gasteiger partial charge in [0, 0.05) is 17.7 Å². The van der Waals surface area contributed by atoms with Crippen molar-refractivity contribution in [3.05, 3.63) is 64.2 Å². The molecule has 0 aliphatic carbocycles. The predicted octanol–water partition coefficient (Wildman–Crippen LogP) is 4.05. The number of hydrogen-bond acceptors (Lipinski definition) is 5. The number of amides is 1. The van der Waals surface area contributed by atoms with Crippen molar-refractivity contribution in [1.29, 1.82) is 5.26 Å². The van der Waals surface area contributed by atoms with Gasteiger partial charge in [-0.3, -0.25) is 14.4 Å². The Balaban J connectivity index is 1.83. The van der Waals surface area contributed by atoms with Crippen LogP contribution in [0.3, 0.4) is 0 Å². The molecule has 0 fully saturated rings. The highest BCUT2D eigenvalue weighted by atomic mass is 35.5. The second kappa shape index (κ2) is 9.67. The van der Waals surface area contributed by atoms with E-state index in [0.717, 1.165) is 5.56 Å². The van der Waals surface area contributed by atoms with E-state index in [2.05, 4.69) is 5.32 Å². The van der Waals surface area contributed by atoms with Crippen LogP contribution < -0.4 is 5.32 Å². The largest absolute Gasteiger partial charge is 0.453 e. The van der Waals surface area contributed by atoms with E-state index < -0.39 is 18.0 Å². The van der Waals surface area contributed by atoms with Crippen LogP contribution in [-0.4, -0.2) is 23.8 Å². The molecule has 7 heteroatoms. The molecule has 1 amide bonds. The van der Waals surface area contributed by atoms with Gasteiger partial charge in [-0.05, 0) is 32.0 Å². The molecule has 1 N–H and O–H groups in total. The highest BCUT2D eigenvalue weighted by Crippen LogP contribution is 2.20. The molecule has 0 saturated carbocycles. The van der Waals surface area contributed by atoms with Crippen LogP contribution in [0.5, 0.6) is 0 Å². The van der Waals surface area contributed by atoms with Crippen LogP contribution in [0.2, 0.25) is 5.02 Å². The molecule has 6 nitrogen and oxygen atoms in total. The molecule has 144 valence electrons. The molecular weight excluding hydrogens is 380 g/mol. The summed E-state index contributed by atoms with van der Waals surface area (Å²) in [5.41, 5.74) is 2.24. The van der Waals surface area contributed by atoms with Gasteiger partial charge in [-0.25, -0.2) is 0 Å². The molecule has 28 heavy (non-hydrogen) atoms. The van der Waals surface area contributed by atoms with E-state index in [1.807, 2.05) is 25.1 Å². The molecule has 2 aromatic carbocycles. The first kappa shape index (κ1) is 21.1. The molecule has 0 aliphatic rings. The number of nitriles is 1. The Hall–Kier alpha value is -3.17. The molecule has 0 spiro atoms. The molecule has 0 bridgehead atoms. The summed E-state index contributed by atoms with van der Waals surface area (Å²) in [6, 6.07) is 13.4. The summed E-state index contributed by atoms with van der Waals surface area (Å²) < 4.78 is 5.08. The van der Waals surface area contributed by atoms with E-state index in [1.165, 1.54) is 25.1 Å². The normalized spacial score (nSPS) is 11.2. The van der Waals surface area contributed by atoms with Crippen molar-refractivity contribution in [2.75, 3.05) is 5.32 Å². The summed E-state index contributed by atoms with van der Waals surface area (Å²) in [6.07, 6.45) is -1.16. The summed E-state index contributed by atoms with van der Waals surface area (Å²) in [7, 11) is 0. The topological polar surface area (TPSA) is 96.3 Å². The van der Waals surface area contributed by atoms with E-state index in [-0.39, 0.29) is 29.2 Å². The van der Waals surface area contributed by atoms with Gasteiger partial charge in [0.15, 0.2) is 11.9 Å². The second-order valence-corrected chi connectivity index (χ2v) is 6.62. The lowest BCUT2D eigenvalue weighted by Gasteiger charge is -2.14. The third kappa shape index (κ3) is 5.93. The van der Waals surface area contributed by atoms with Gasteiger partial charge in [0.1, 0.15) is 6.07 Å². The Morgan fingerprint density at radius 2 is 1.82 bits per heavy atom. The Kier molecular flexibility index (Phi) is 7.30. The number of Topliss-reactive ketones (excluding diaryl/α,β-unsaturated/α-hetero) is 1. The van der Waals surface area contributed by atoms with Crippen molar-refractivity contribution in [2.24, 2.45) is 0 Å². The molecular formula is C21H19ClN2O4. The van der Waals surface area contributed by atoms with Crippen molar-refractivity contribution in [3.63, 3.8) is 0 Å². The Morgan fingerprint density at radius 3 is 2.43 bits per heavy atom. The molecule has 0 heterocycles. The number of aryl methyl sites for hydroxylation is 1. The van der Waals surface area contributed by atoms with Crippen molar-refractivity contribution >= 4 is 34.9 Å². The minimum Gasteiger partial charge on any atom is -0.453 e. The minimum atomic E-state index is -1.05. The summed E-state index contributed by atoms with van der Waals surface area (Å²) in [5, 5.41) is 11.6.